The molecule has 1 aromatic heterocycles. The summed E-state index contributed by atoms with van der Waals surface area (Å²) in [5.41, 5.74) is 10.9. The Morgan fingerprint density at radius 1 is 1.33 bits per heavy atom. The van der Waals surface area contributed by atoms with Gasteiger partial charge in [0.25, 0.3) is 5.69 Å². The van der Waals surface area contributed by atoms with Gasteiger partial charge < -0.3 is 11.5 Å². The standard InChI is InChI=1S/C9H9N7O2/c10-7-13-8(11)15(9(12)14-7)5-2-1-3-6(4-5)16(17)18/h1-4H,(H5,10,11,12,13,14). The van der Waals surface area contributed by atoms with Crippen LogP contribution in [-0.2, 0) is 0 Å². The molecule has 0 fully saturated rings. The molecule has 9 heteroatoms. The Hall–Kier alpha value is -2.97. The molecule has 0 aliphatic rings. The predicted molar refractivity (Wildman–Crippen MR) is 62.7 cm³/mol. The summed E-state index contributed by atoms with van der Waals surface area (Å²) in [5.74, 6) is -0.188. The van der Waals surface area contributed by atoms with Crippen molar-refractivity contribution in [3.63, 3.8) is 0 Å². The lowest BCUT2D eigenvalue weighted by atomic mass is 10.3. The van der Waals surface area contributed by atoms with E-state index < -0.39 is 4.92 Å². The number of hydrogen-bond acceptors (Lipinski definition) is 7. The molecule has 0 aliphatic carbocycles. The Morgan fingerprint density at radius 2 is 2.06 bits per heavy atom. The molecule has 92 valence electrons. The minimum absolute atomic E-state index is 0.0620. The minimum Gasteiger partial charge on any atom is -0.369 e. The van der Waals surface area contributed by atoms with E-state index in [4.69, 9.17) is 16.9 Å². The first kappa shape index (κ1) is 11.5. The number of nitro groups is 1. The molecule has 0 saturated carbocycles. The maximum Gasteiger partial charge on any atom is 0.271 e. The molecule has 0 spiro atoms. The average Bonchev–Trinajstić information content (AvgIpc) is 2.28. The molecule has 2 aromatic rings. The number of nitrogen functional groups attached to an aromatic ring is 2. The molecule has 0 saturated heterocycles. The number of non-ortho nitro benzene ring substituents is 1. The molecule has 0 unspecified atom stereocenters. The van der Waals surface area contributed by atoms with Gasteiger partial charge in [-0.05, 0) is 6.07 Å². The lowest BCUT2D eigenvalue weighted by Gasteiger charge is -2.08. The highest BCUT2D eigenvalue weighted by molar-refractivity contribution is 5.46. The number of anilines is 2. The van der Waals surface area contributed by atoms with E-state index in [9.17, 15) is 10.1 Å². The molecule has 1 heterocycles. The molecule has 1 aromatic carbocycles. The fraction of sp³-hybridized carbons (Fsp3) is 0. The van der Waals surface area contributed by atoms with Crippen molar-refractivity contribution in [1.82, 2.24) is 14.5 Å². The zero-order valence-electron chi connectivity index (χ0n) is 9.07. The Morgan fingerprint density at radius 3 is 2.67 bits per heavy atom. The average molecular weight is 247 g/mol. The summed E-state index contributed by atoms with van der Waals surface area (Å²) in [7, 11) is 0. The lowest BCUT2D eigenvalue weighted by molar-refractivity contribution is -0.384. The van der Waals surface area contributed by atoms with Crippen LogP contribution in [0.4, 0.5) is 17.6 Å². The van der Waals surface area contributed by atoms with Crippen LogP contribution in [-0.4, -0.2) is 19.5 Å². The second kappa shape index (κ2) is 4.13. The van der Waals surface area contributed by atoms with Crippen LogP contribution in [0.25, 0.3) is 5.69 Å². The van der Waals surface area contributed by atoms with Gasteiger partial charge in [0.15, 0.2) is 0 Å². The van der Waals surface area contributed by atoms with Gasteiger partial charge in [0.2, 0.25) is 17.5 Å². The first-order chi connectivity index (χ1) is 8.49. The quantitative estimate of drug-likeness (QED) is 0.494. The highest BCUT2D eigenvalue weighted by Crippen LogP contribution is 2.16. The molecule has 5 N–H and O–H groups in total. The fourth-order valence-corrected chi connectivity index (χ4v) is 1.46. The van der Waals surface area contributed by atoms with Crippen molar-refractivity contribution >= 4 is 17.6 Å². The van der Waals surface area contributed by atoms with Gasteiger partial charge in [-0.15, -0.1) is 0 Å². The van der Waals surface area contributed by atoms with Crippen molar-refractivity contribution in [2.75, 3.05) is 11.5 Å². The predicted octanol–water partition coefficient (Wildman–Crippen LogP) is -0.181. The van der Waals surface area contributed by atoms with Crippen LogP contribution >= 0.6 is 0 Å². The van der Waals surface area contributed by atoms with Gasteiger partial charge in [-0.1, -0.05) is 6.07 Å². The highest BCUT2D eigenvalue weighted by atomic mass is 16.6. The van der Waals surface area contributed by atoms with Crippen LogP contribution in [0.2, 0.25) is 0 Å². The lowest BCUT2D eigenvalue weighted by Crippen LogP contribution is -2.26. The Bertz CT molecular complexity index is 679. The number of rotatable bonds is 2. The smallest absolute Gasteiger partial charge is 0.271 e. The molecule has 18 heavy (non-hydrogen) atoms. The van der Waals surface area contributed by atoms with Gasteiger partial charge in [-0.2, -0.15) is 9.97 Å². The molecular weight excluding hydrogens is 238 g/mol. The normalized spacial score (nSPS) is 10.2. The van der Waals surface area contributed by atoms with Gasteiger partial charge in [0.05, 0.1) is 10.6 Å². The van der Waals surface area contributed by atoms with Gasteiger partial charge in [-0.3, -0.25) is 15.5 Å². The van der Waals surface area contributed by atoms with Gasteiger partial charge in [-0.25, -0.2) is 4.57 Å². The summed E-state index contributed by atoms with van der Waals surface area (Å²) in [4.78, 5) is 17.5. The summed E-state index contributed by atoms with van der Waals surface area (Å²) >= 11 is 0. The number of nitrogens with two attached hydrogens (primary N) is 2. The molecular formula is C9H9N7O2. The second-order valence-electron chi connectivity index (χ2n) is 3.38. The molecule has 0 radical (unpaired) electrons. The Labute approximate surface area is 100 Å². The minimum atomic E-state index is -0.540. The summed E-state index contributed by atoms with van der Waals surface area (Å²) < 4.78 is 1.16. The highest BCUT2D eigenvalue weighted by Gasteiger charge is 2.10. The van der Waals surface area contributed by atoms with E-state index in [-0.39, 0.29) is 23.2 Å². The third-order valence-electron chi connectivity index (χ3n) is 2.19. The topological polar surface area (TPSA) is 150 Å². The number of benzene rings is 1. The van der Waals surface area contributed by atoms with Crippen molar-refractivity contribution in [1.29, 1.82) is 5.41 Å². The van der Waals surface area contributed by atoms with Crippen molar-refractivity contribution < 1.29 is 4.92 Å². The summed E-state index contributed by atoms with van der Waals surface area (Å²) in [5, 5.41) is 18.3. The van der Waals surface area contributed by atoms with Crippen LogP contribution in [0.1, 0.15) is 0 Å². The maximum absolute atomic E-state index is 10.7. The molecule has 0 bridgehead atoms. The molecule has 0 amide bonds. The molecule has 0 aliphatic heterocycles. The Balaban J connectivity index is 2.66. The fourth-order valence-electron chi connectivity index (χ4n) is 1.46. The molecule has 9 nitrogen and oxygen atoms in total. The number of nitro benzene ring substituents is 1. The number of nitrogens with one attached hydrogen (secondary N) is 1. The van der Waals surface area contributed by atoms with E-state index in [1.807, 2.05) is 0 Å². The van der Waals surface area contributed by atoms with Gasteiger partial charge in [0.1, 0.15) is 0 Å². The van der Waals surface area contributed by atoms with E-state index in [0.717, 1.165) is 4.57 Å². The number of nitrogens with zero attached hydrogens (tertiary/aromatic N) is 4. The van der Waals surface area contributed by atoms with Gasteiger partial charge >= 0.3 is 0 Å². The van der Waals surface area contributed by atoms with E-state index in [1.54, 1.807) is 6.07 Å². The summed E-state index contributed by atoms with van der Waals surface area (Å²) in [6.45, 7) is 0. The van der Waals surface area contributed by atoms with Crippen LogP contribution in [0, 0.1) is 15.5 Å². The van der Waals surface area contributed by atoms with E-state index in [0.29, 0.717) is 5.69 Å². The van der Waals surface area contributed by atoms with Crippen LogP contribution in [0.3, 0.4) is 0 Å². The van der Waals surface area contributed by atoms with Crippen molar-refractivity contribution in [3.8, 4) is 5.69 Å². The van der Waals surface area contributed by atoms with Crippen molar-refractivity contribution in [2.24, 2.45) is 0 Å². The number of hydrogen-bond donors (Lipinski definition) is 3. The zero-order valence-corrected chi connectivity index (χ0v) is 9.07. The maximum atomic E-state index is 10.7. The zero-order chi connectivity index (χ0) is 13.3. The Kier molecular flexibility index (Phi) is 2.64. The SMILES string of the molecule is N=c1nc(N)nc(N)n1-c1cccc([N+](=O)[O-])c1. The van der Waals surface area contributed by atoms with Crippen molar-refractivity contribution in [2.45, 2.75) is 0 Å². The summed E-state index contributed by atoms with van der Waals surface area (Å²) in [6, 6.07) is 5.65. The van der Waals surface area contributed by atoms with Crippen LogP contribution in [0.5, 0.6) is 0 Å². The second-order valence-corrected chi connectivity index (χ2v) is 3.38. The first-order valence-electron chi connectivity index (χ1n) is 4.80. The third kappa shape index (κ3) is 1.96. The molecule has 0 atom stereocenters. The monoisotopic (exact) mass is 247 g/mol. The first-order valence-corrected chi connectivity index (χ1v) is 4.80. The van der Waals surface area contributed by atoms with Crippen LogP contribution < -0.4 is 17.1 Å². The summed E-state index contributed by atoms with van der Waals surface area (Å²) in [6.07, 6.45) is 0. The van der Waals surface area contributed by atoms with E-state index in [2.05, 4.69) is 9.97 Å². The van der Waals surface area contributed by atoms with E-state index in [1.165, 1.54) is 18.2 Å². The van der Waals surface area contributed by atoms with Crippen molar-refractivity contribution in [3.05, 3.63) is 40.0 Å². The van der Waals surface area contributed by atoms with Gasteiger partial charge in [0, 0.05) is 12.1 Å². The largest absolute Gasteiger partial charge is 0.369 e. The third-order valence-corrected chi connectivity index (χ3v) is 2.19. The number of aromatic nitrogens is 3. The van der Waals surface area contributed by atoms with E-state index >= 15 is 0 Å². The molecule has 2 rings (SSSR count). The van der Waals surface area contributed by atoms with Crippen LogP contribution in [0.15, 0.2) is 24.3 Å².